The van der Waals surface area contributed by atoms with Crippen molar-refractivity contribution in [3.05, 3.63) is 24.3 Å². The molecule has 1 rings (SSSR count). The first-order chi connectivity index (χ1) is 8.20. The highest BCUT2D eigenvalue weighted by atomic mass is 16.7. The summed E-state index contributed by atoms with van der Waals surface area (Å²) in [6.45, 7) is 7.06. The molecule has 0 saturated carbocycles. The van der Waals surface area contributed by atoms with Gasteiger partial charge >= 0.3 is 0 Å². The van der Waals surface area contributed by atoms with Gasteiger partial charge in [0.05, 0.1) is 12.7 Å². The van der Waals surface area contributed by atoms with E-state index in [0.29, 0.717) is 0 Å². The summed E-state index contributed by atoms with van der Waals surface area (Å²) in [6, 6.07) is 0. The average molecular weight is 240 g/mol. The van der Waals surface area contributed by atoms with Gasteiger partial charge in [0.2, 0.25) is 0 Å². The molecular weight excluding hydrogens is 216 g/mol. The number of ether oxygens (including phenoxy) is 2. The van der Waals surface area contributed by atoms with Crippen molar-refractivity contribution in [2.45, 2.75) is 51.4 Å². The van der Waals surface area contributed by atoms with Crippen LogP contribution in [-0.2, 0) is 9.47 Å². The van der Waals surface area contributed by atoms with Crippen LogP contribution in [0.5, 0.6) is 0 Å². The molecule has 3 nitrogen and oxygen atoms in total. The van der Waals surface area contributed by atoms with Crippen molar-refractivity contribution < 1.29 is 14.6 Å². The first-order valence-electron chi connectivity index (χ1n) is 6.43. The van der Waals surface area contributed by atoms with Crippen molar-refractivity contribution in [2.75, 3.05) is 13.2 Å². The number of unbranched alkanes of at least 4 members (excludes halogenated alkanes) is 1. The van der Waals surface area contributed by atoms with E-state index in [9.17, 15) is 5.11 Å². The van der Waals surface area contributed by atoms with Crippen LogP contribution in [-0.4, -0.2) is 30.7 Å². The molecular formula is C14H24O3. The van der Waals surface area contributed by atoms with E-state index >= 15 is 0 Å². The number of allylic oxidation sites excluding steroid dienone is 1. The van der Waals surface area contributed by atoms with Crippen molar-refractivity contribution >= 4 is 0 Å². The van der Waals surface area contributed by atoms with Gasteiger partial charge in [0, 0.05) is 6.61 Å². The number of aliphatic hydroxyl groups is 1. The second-order valence-electron chi connectivity index (χ2n) is 4.53. The molecule has 0 aromatic rings. The molecule has 0 aliphatic carbocycles. The van der Waals surface area contributed by atoms with Crippen molar-refractivity contribution in [3.63, 3.8) is 0 Å². The van der Waals surface area contributed by atoms with Gasteiger partial charge in [0.25, 0.3) is 0 Å². The normalized spacial score (nSPS) is 22.8. The maximum Gasteiger partial charge on any atom is 0.157 e. The lowest BCUT2D eigenvalue weighted by Crippen LogP contribution is -2.22. The highest BCUT2D eigenvalue weighted by Gasteiger charge is 2.12. The second-order valence-corrected chi connectivity index (χ2v) is 4.53. The van der Waals surface area contributed by atoms with Crippen LogP contribution in [0.25, 0.3) is 0 Å². The van der Waals surface area contributed by atoms with E-state index in [4.69, 9.17) is 9.47 Å². The van der Waals surface area contributed by atoms with Gasteiger partial charge < -0.3 is 14.6 Å². The molecule has 2 unspecified atom stereocenters. The molecule has 0 aromatic carbocycles. The van der Waals surface area contributed by atoms with E-state index in [0.717, 1.165) is 44.5 Å². The lowest BCUT2D eigenvalue weighted by Gasteiger charge is -2.22. The SMILES string of the molecule is C=C(C)C(O)C=CCCCOC1CCCCO1. The van der Waals surface area contributed by atoms with E-state index < -0.39 is 6.10 Å². The first kappa shape index (κ1) is 14.4. The fraction of sp³-hybridized carbons (Fsp3) is 0.714. The maximum atomic E-state index is 9.45. The Bertz CT molecular complexity index is 242. The molecule has 0 bridgehead atoms. The van der Waals surface area contributed by atoms with Crippen LogP contribution in [0.4, 0.5) is 0 Å². The van der Waals surface area contributed by atoms with E-state index in [1.807, 2.05) is 13.0 Å². The Morgan fingerprint density at radius 3 is 3.06 bits per heavy atom. The van der Waals surface area contributed by atoms with Gasteiger partial charge in [0.1, 0.15) is 0 Å². The van der Waals surface area contributed by atoms with Crippen LogP contribution >= 0.6 is 0 Å². The first-order valence-corrected chi connectivity index (χ1v) is 6.43. The Labute approximate surface area is 104 Å². The summed E-state index contributed by atoms with van der Waals surface area (Å²) < 4.78 is 11.1. The number of rotatable bonds is 7. The molecule has 17 heavy (non-hydrogen) atoms. The summed E-state index contributed by atoms with van der Waals surface area (Å²) in [4.78, 5) is 0. The van der Waals surface area contributed by atoms with E-state index in [1.165, 1.54) is 6.42 Å². The molecule has 3 heteroatoms. The minimum absolute atomic E-state index is 0.00809. The third-order valence-electron chi connectivity index (χ3n) is 2.78. The van der Waals surface area contributed by atoms with Gasteiger partial charge in [0.15, 0.2) is 6.29 Å². The molecule has 1 heterocycles. The van der Waals surface area contributed by atoms with Crippen LogP contribution in [0.3, 0.4) is 0 Å². The zero-order valence-corrected chi connectivity index (χ0v) is 10.7. The van der Waals surface area contributed by atoms with Gasteiger partial charge in [-0.3, -0.25) is 0 Å². The smallest absolute Gasteiger partial charge is 0.157 e. The summed E-state index contributed by atoms with van der Waals surface area (Å²) >= 11 is 0. The highest BCUT2D eigenvalue weighted by Crippen LogP contribution is 2.14. The van der Waals surface area contributed by atoms with Crippen LogP contribution < -0.4 is 0 Å². The fourth-order valence-corrected chi connectivity index (χ4v) is 1.65. The number of hydrogen-bond acceptors (Lipinski definition) is 3. The molecule has 1 N–H and O–H groups in total. The summed E-state index contributed by atoms with van der Waals surface area (Å²) in [5, 5.41) is 9.45. The Hall–Kier alpha value is -0.640. The molecule has 0 radical (unpaired) electrons. The standard InChI is InChI=1S/C14H24O3/c1-12(2)13(15)8-4-3-6-10-16-14-9-5-7-11-17-14/h4,8,13-15H,1,3,5-7,9-11H2,2H3. The van der Waals surface area contributed by atoms with Crippen molar-refractivity contribution in [1.29, 1.82) is 0 Å². The second kappa shape index (κ2) is 8.45. The third-order valence-corrected chi connectivity index (χ3v) is 2.78. The van der Waals surface area contributed by atoms with E-state index in [1.54, 1.807) is 6.08 Å². The molecule has 1 fully saturated rings. The van der Waals surface area contributed by atoms with Crippen molar-refractivity contribution in [3.8, 4) is 0 Å². The van der Waals surface area contributed by atoms with Gasteiger partial charge in [-0.1, -0.05) is 18.7 Å². The van der Waals surface area contributed by atoms with Gasteiger partial charge in [-0.2, -0.15) is 0 Å². The Morgan fingerprint density at radius 2 is 2.41 bits per heavy atom. The minimum Gasteiger partial charge on any atom is -0.385 e. The predicted octanol–water partition coefficient (Wildman–Crippen LogP) is 2.80. The van der Waals surface area contributed by atoms with Crippen LogP contribution in [0.15, 0.2) is 24.3 Å². The van der Waals surface area contributed by atoms with Gasteiger partial charge in [-0.25, -0.2) is 0 Å². The quantitative estimate of drug-likeness (QED) is 0.549. The van der Waals surface area contributed by atoms with Crippen LogP contribution in [0.1, 0.15) is 39.0 Å². The Balaban J connectivity index is 1.98. The van der Waals surface area contributed by atoms with E-state index in [2.05, 4.69) is 6.58 Å². The molecule has 1 saturated heterocycles. The average Bonchev–Trinajstić information content (AvgIpc) is 2.34. The third kappa shape index (κ3) is 6.61. The molecule has 1 aliphatic heterocycles. The summed E-state index contributed by atoms with van der Waals surface area (Å²) in [7, 11) is 0. The van der Waals surface area contributed by atoms with E-state index in [-0.39, 0.29) is 6.29 Å². The van der Waals surface area contributed by atoms with Gasteiger partial charge in [-0.05, 0) is 44.6 Å². The fourth-order valence-electron chi connectivity index (χ4n) is 1.65. The molecule has 98 valence electrons. The topological polar surface area (TPSA) is 38.7 Å². The molecule has 0 spiro atoms. The monoisotopic (exact) mass is 240 g/mol. The summed E-state index contributed by atoms with van der Waals surface area (Å²) in [5.41, 5.74) is 0.771. The largest absolute Gasteiger partial charge is 0.385 e. The molecule has 1 aliphatic rings. The van der Waals surface area contributed by atoms with Gasteiger partial charge in [-0.15, -0.1) is 0 Å². The molecule has 0 aromatic heterocycles. The number of aliphatic hydroxyl groups excluding tert-OH is 1. The minimum atomic E-state index is -0.516. The summed E-state index contributed by atoms with van der Waals surface area (Å²) in [5.74, 6) is 0. The zero-order chi connectivity index (χ0) is 12.5. The van der Waals surface area contributed by atoms with Crippen molar-refractivity contribution in [2.24, 2.45) is 0 Å². The Kier molecular flexibility index (Phi) is 7.17. The zero-order valence-electron chi connectivity index (χ0n) is 10.7. The van der Waals surface area contributed by atoms with Crippen LogP contribution in [0.2, 0.25) is 0 Å². The highest BCUT2D eigenvalue weighted by molar-refractivity contribution is 5.07. The Morgan fingerprint density at radius 1 is 1.59 bits per heavy atom. The van der Waals surface area contributed by atoms with Crippen molar-refractivity contribution in [1.82, 2.24) is 0 Å². The maximum absolute atomic E-state index is 9.45. The number of hydrogen-bond donors (Lipinski definition) is 1. The summed E-state index contributed by atoms with van der Waals surface area (Å²) in [6.07, 6.45) is 8.49. The predicted molar refractivity (Wildman–Crippen MR) is 68.7 cm³/mol. The van der Waals surface area contributed by atoms with Crippen LogP contribution in [0, 0.1) is 0 Å². The molecule has 2 atom stereocenters. The lowest BCUT2D eigenvalue weighted by atomic mass is 10.1. The molecule has 0 amide bonds. The lowest BCUT2D eigenvalue weighted by molar-refractivity contribution is -0.162.